The van der Waals surface area contributed by atoms with Crippen LogP contribution in [0.4, 0.5) is 0 Å². The van der Waals surface area contributed by atoms with E-state index in [2.05, 4.69) is 0 Å². The van der Waals surface area contributed by atoms with Crippen molar-refractivity contribution >= 4 is 5.78 Å². The molecule has 0 spiro atoms. The van der Waals surface area contributed by atoms with Crippen molar-refractivity contribution in [1.82, 2.24) is 0 Å². The van der Waals surface area contributed by atoms with Crippen molar-refractivity contribution in [2.75, 3.05) is 0 Å². The predicted octanol–water partition coefficient (Wildman–Crippen LogP) is 9.29. The highest BCUT2D eigenvalue weighted by Crippen LogP contribution is 2.50. The number of ether oxygens (including phenoxy) is 1. The zero-order valence-corrected chi connectivity index (χ0v) is 32.0. The fourth-order valence-electron chi connectivity index (χ4n) is 7.87. The fourth-order valence-corrected chi connectivity index (χ4v) is 7.87. The number of fused-ring (bicyclic) bond motifs is 1. The van der Waals surface area contributed by atoms with Crippen molar-refractivity contribution in [1.29, 1.82) is 0 Å². The van der Waals surface area contributed by atoms with Crippen molar-refractivity contribution in [2.24, 2.45) is 0 Å². The normalized spacial score (nSPS) is 13.5. The molecule has 8 rings (SSSR count). The molecule has 9 heteroatoms. The van der Waals surface area contributed by atoms with E-state index in [1.165, 1.54) is 12.1 Å². The van der Waals surface area contributed by atoms with Gasteiger partial charge in [-0.3, -0.25) is 4.79 Å². The third-order valence-electron chi connectivity index (χ3n) is 11.0. The first-order chi connectivity index (χ1) is 28.5. The van der Waals surface area contributed by atoms with E-state index < -0.39 is 11.9 Å². The topological polar surface area (TPSA) is 168 Å². The molecule has 7 aromatic carbocycles. The van der Waals surface area contributed by atoms with Gasteiger partial charge in [0, 0.05) is 43.2 Å². The Morgan fingerprint density at radius 1 is 0.441 bits per heavy atom. The Kier molecular flexibility index (Phi) is 10.6. The molecule has 9 nitrogen and oxygen atoms in total. The van der Waals surface area contributed by atoms with Crippen LogP contribution >= 0.6 is 0 Å². The minimum absolute atomic E-state index is 0.00999. The summed E-state index contributed by atoms with van der Waals surface area (Å²) in [5, 5.41) is 77.3. The van der Waals surface area contributed by atoms with Crippen LogP contribution < -0.4 is 4.74 Å². The van der Waals surface area contributed by atoms with Gasteiger partial charge in [0.25, 0.3) is 0 Å². The zero-order valence-electron chi connectivity index (χ0n) is 32.0. The van der Waals surface area contributed by atoms with Crippen molar-refractivity contribution < 1.29 is 45.3 Å². The number of benzene rings is 7. The lowest BCUT2D eigenvalue weighted by molar-refractivity contribution is 0.0842. The summed E-state index contributed by atoms with van der Waals surface area (Å²) < 4.78 is 6.39. The van der Waals surface area contributed by atoms with Gasteiger partial charge >= 0.3 is 0 Å². The number of Topliss-reactive ketones (excluding diaryl/α,β-unsaturated/α-hetero) is 1. The lowest BCUT2D eigenvalue weighted by atomic mass is 9.87. The maximum absolute atomic E-state index is 13.8. The number of para-hydroxylation sites is 2. The number of rotatable bonds is 11. The van der Waals surface area contributed by atoms with E-state index >= 15 is 0 Å². The SMILES string of the molecule is O=C1C[C@@H](c2ccccc2)Oc2c(Cc3ccccc3O)c(O)c(Cc3cc(Cc4cc(Cc5cc(Cc6ccccc6O)ccc5O)ccc4O)ccc3O)c(O)c21. The highest BCUT2D eigenvalue weighted by Gasteiger charge is 2.36. The third-order valence-corrected chi connectivity index (χ3v) is 11.0. The molecule has 1 aliphatic rings. The van der Waals surface area contributed by atoms with Crippen LogP contribution in [-0.4, -0.2) is 41.5 Å². The number of ketones is 1. The van der Waals surface area contributed by atoms with Crippen LogP contribution in [0, 0.1) is 0 Å². The van der Waals surface area contributed by atoms with E-state index in [0.29, 0.717) is 40.7 Å². The maximum atomic E-state index is 13.8. The second-order valence-electron chi connectivity index (χ2n) is 15.0. The zero-order chi connectivity index (χ0) is 41.2. The van der Waals surface area contributed by atoms with E-state index in [4.69, 9.17) is 4.74 Å². The summed E-state index contributed by atoms with van der Waals surface area (Å²) >= 11 is 0. The van der Waals surface area contributed by atoms with Crippen molar-refractivity contribution in [3.05, 3.63) is 200 Å². The minimum atomic E-state index is -0.662. The molecular formula is C50H42O9. The molecule has 7 N–H and O–H groups in total. The Hall–Kier alpha value is -7.39. The molecule has 0 saturated heterocycles. The standard InChI is InChI=1S/C50H42O9/c51-40-12-6-4-10-33(40)20-29-14-17-42(53)35(21-29)22-30-15-18-43(54)36(23-30)24-31-16-19-44(55)37(25-31)27-38-48(57)39(26-34-11-5-7-13-41(34)52)50-47(49(38)58)45(56)28-46(59-50)32-8-2-1-3-9-32/h1-19,21,23,25,46,51-55,57-58H,20,22,24,26-28H2/t46-/m0/s1. The molecule has 0 aliphatic carbocycles. The van der Waals surface area contributed by atoms with Crippen LogP contribution in [0.25, 0.3) is 0 Å². The molecule has 1 aliphatic heterocycles. The van der Waals surface area contributed by atoms with Crippen molar-refractivity contribution in [3.63, 3.8) is 0 Å². The van der Waals surface area contributed by atoms with Crippen LogP contribution in [-0.2, 0) is 32.1 Å². The number of phenolic OH excluding ortho intramolecular Hbond substituents is 7. The second kappa shape index (κ2) is 16.2. The molecule has 296 valence electrons. The molecule has 0 unspecified atom stereocenters. The molecule has 0 amide bonds. The molecule has 0 aromatic heterocycles. The van der Waals surface area contributed by atoms with E-state index in [9.17, 15) is 40.5 Å². The Bertz CT molecular complexity index is 2700. The molecule has 0 bridgehead atoms. The molecule has 7 aromatic rings. The van der Waals surface area contributed by atoms with Gasteiger partial charge in [-0.15, -0.1) is 0 Å². The Balaban J connectivity index is 1.09. The van der Waals surface area contributed by atoms with Gasteiger partial charge in [0.1, 0.15) is 57.7 Å². The summed E-state index contributed by atoms with van der Waals surface area (Å²) in [7, 11) is 0. The van der Waals surface area contributed by atoms with E-state index in [0.717, 1.165) is 22.3 Å². The average Bonchev–Trinajstić information content (AvgIpc) is 3.23. The first kappa shape index (κ1) is 38.5. The minimum Gasteiger partial charge on any atom is -0.508 e. The van der Waals surface area contributed by atoms with E-state index in [-0.39, 0.29) is 88.4 Å². The van der Waals surface area contributed by atoms with Gasteiger partial charge in [0.15, 0.2) is 5.78 Å². The summed E-state index contributed by atoms with van der Waals surface area (Å²) in [5.41, 5.74) is 6.30. The van der Waals surface area contributed by atoms with Gasteiger partial charge in [0.05, 0.1) is 6.42 Å². The van der Waals surface area contributed by atoms with Gasteiger partial charge in [-0.1, -0.05) is 103 Å². The third kappa shape index (κ3) is 8.09. The van der Waals surface area contributed by atoms with Gasteiger partial charge in [-0.05, 0) is 80.4 Å². The van der Waals surface area contributed by atoms with Crippen LogP contribution in [0.3, 0.4) is 0 Å². The molecule has 1 heterocycles. The first-order valence-electron chi connectivity index (χ1n) is 19.3. The van der Waals surface area contributed by atoms with Crippen LogP contribution in [0.2, 0.25) is 0 Å². The maximum Gasteiger partial charge on any atom is 0.174 e. The van der Waals surface area contributed by atoms with Crippen molar-refractivity contribution in [3.8, 4) is 46.0 Å². The largest absolute Gasteiger partial charge is 0.508 e. The van der Waals surface area contributed by atoms with Crippen LogP contribution in [0.15, 0.2) is 133 Å². The summed E-state index contributed by atoms with van der Waals surface area (Å²) in [6, 6.07) is 38.6. The monoisotopic (exact) mass is 786 g/mol. The average molecular weight is 787 g/mol. The smallest absolute Gasteiger partial charge is 0.174 e. The summed E-state index contributed by atoms with van der Waals surface area (Å²) in [4.78, 5) is 13.8. The van der Waals surface area contributed by atoms with Crippen LogP contribution in [0.1, 0.15) is 84.1 Å². The molecule has 0 saturated carbocycles. The highest BCUT2D eigenvalue weighted by molar-refractivity contribution is 6.04. The number of carbonyl (C=O) groups excluding carboxylic acids is 1. The Labute approximate surface area is 341 Å². The number of carbonyl (C=O) groups is 1. The number of phenols is 7. The lowest BCUT2D eigenvalue weighted by Crippen LogP contribution is -2.22. The quantitative estimate of drug-likeness (QED) is 0.0676. The van der Waals surface area contributed by atoms with Crippen LogP contribution in [0.5, 0.6) is 46.0 Å². The highest BCUT2D eigenvalue weighted by atomic mass is 16.5. The number of hydrogen-bond donors (Lipinski definition) is 7. The summed E-state index contributed by atoms with van der Waals surface area (Å²) in [5.74, 6) is -0.817. The fraction of sp³-hybridized carbons (Fsp3) is 0.140. The van der Waals surface area contributed by atoms with Gasteiger partial charge in [0.2, 0.25) is 0 Å². The molecule has 1 atom stereocenters. The molecule has 0 fully saturated rings. The lowest BCUT2D eigenvalue weighted by Gasteiger charge is -2.30. The molecule has 0 radical (unpaired) electrons. The summed E-state index contributed by atoms with van der Waals surface area (Å²) in [6.45, 7) is 0. The number of hydrogen-bond acceptors (Lipinski definition) is 9. The van der Waals surface area contributed by atoms with E-state index in [1.54, 1.807) is 60.7 Å². The van der Waals surface area contributed by atoms with Gasteiger partial charge < -0.3 is 40.5 Å². The second-order valence-corrected chi connectivity index (χ2v) is 15.0. The van der Waals surface area contributed by atoms with E-state index in [1.807, 2.05) is 60.7 Å². The van der Waals surface area contributed by atoms with Gasteiger partial charge in [-0.2, -0.15) is 0 Å². The predicted molar refractivity (Wildman–Crippen MR) is 223 cm³/mol. The first-order valence-corrected chi connectivity index (χ1v) is 19.3. The molecule has 59 heavy (non-hydrogen) atoms. The van der Waals surface area contributed by atoms with Crippen molar-refractivity contribution in [2.45, 2.75) is 44.6 Å². The Morgan fingerprint density at radius 3 is 1.39 bits per heavy atom. The Morgan fingerprint density at radius 2 is 0.864 bits per heavy atom. The summed E-state index contributed by atoms with van der Waals surface area (Å²) in [6.07, 6.45) is 0.257. The number of aromatic hydroxyl groups is 7. The molecular weight excluding hydrogens is 745 g/mol. The van der Waals surface area contributed by atoms with Gasteiger partial charge in [-0.25, -0.2) is 0 Å².